The van der Waals surface area contributed by atoms with Gasteiger partial charge in [-0.2, -0.15) is 0 Å². The van der Waals surface area contributed by atoms with Crippen molar-refractivity contribution in [3.63, 3.8) is 0 Å². The molecule has 2 heteroatoms. The third-order valence-corrected chi connectivity index (χ3v) is 2.64. The fourth-order valence-electron chi connectivity index (χ4n) is 1.73. The maximum Gasteiger partial charge on any atom is 0.105 e. The minimum atomic E-state index is -0.0584. The molecule has 2 rings (SSSR count). The highest BCUT2D eigenvalue weighted by atomic mass is 16.3. The molecule has 1 fully saturated rings. The molecule has 1 aliphatic rings. The summed E-state index contributed by atoms with van der Waals surface area (Å²) in [7, 11) is 0. The van der Waals surface area contributed by atoms with Gasteiger partial charge in [0.25, 0.3) is 0 Å². The zero-order valence-corrected chi connectivity index (χ0v) is 6.76. The van der Waals surface area contributed by atoms with E-state index in [0.29, 0.717) is 0 Å². The van der Waals surface area contributed by atoms with Crippen LogP contribution < -0.4 is 5.73 Å². The predicted molar refractivity (Wildman–Crippen MR) is 43.2 cm³/mol. The molecule has 0 aliphatic heterocycles. The van der Waals surface area contributed by atoms with Crippen molar-refractivity contribution in [1.29, 1.82) is 0 Å². The van der Waals surface area contributed by atoms with Gasteiger partial charge in [0.2, 0.25) is 0 Å². The molecule has 0 unspecified atom stereocenters. The molecule has 1 aliphatic carbocycles. The molecule has 1 heterocycles. The van der Waals surface area contributed by atoms with Gasteiger partial charge in [-0.3, -0.25) is 0 Å². The van der Waals surface area contributed by atoms with Crippen LogP contribution in [0.1, 0.15) is 30.6 Å². The van der Waals surface area contributed by atoms with Crippen LogP contribution in [0.2, 0.25) is 0 Å². The van der Waals surface area contributed by atoms with E-state index in [1.807, 2.05) is 13.0 Å². The Balaban J connectivity index is 2.35. The van der Waals surface area contributed by atoms with Crippen LogP contribution in [-0.2, 0) is 5.54 Å². The largest absolute Gasteiger partial charge is 0.469 e. The van der Waals surface area contributed by atoms with Gasteiger partial charge in [-0.1, -0.05) is 0 Å². The first-order valence-corrected chi connectivity index (χ1v) is 4.06. The zero-order chi connectivity index (χ0) is 7.90. The summed E-state index contributed by atoms with van der Waals surface area (Å²) in [5.74, 6) is 0.979. The van der Waals surface area contributed by atoms with Gasteiger partial charge in [0.1, 0.15) is 5.76 Å². The molecule has 2 N–H and O–H groups in total. The van der Waals surface area contributed by atoms with E-state index in [1.54, 1.807) is 6.26 Å². The van der Waals surface area contributed by atoms with Gasteiger partial charge in [0, 0.05) is 11.1 Å². The minimum Gasteiger partial charge on any atom is -0.469 e. The van der Waals surface area contributed by atoms with Gasteiger partial charge in [-0.15, -0.1) is 0 Å². The first-order valence-electron chi connectivity index (χ1n) is 4.06. The monoisotopic (exact) mass is 151 g/mol. The molecule has 0 bridgehead atoms. The summed E-state index contributed by atoms with van der Waals surface area (Å²) in [5, 5.41) is 0. The van der Waals surface area contributed by atoms with Gasteiger partial charge >= 0.3 is 0 Å². The van der Waals surface area contributed by atoms with Crippen LogP contribution in [0.25, 0.3) is 0 Å². The maximum absolute atomic E-state index is 6.11. The SMILES string of the molecule is Cc1occc1C1(N)CCC1. The minimum absolute atomic E-state index is 0.0584. The fraction of sp³-hybridized carbons (Fsp3) is 0.556. The Hall–Kier alpha value is -0.760. The van der Waals surface area contributed by atoms with Crippen molar-refractivity contribution in [2.75, 3.05) is 0 Å². The van der Waals surface area contributed by atoms with Crippen molar-refractivity contribution in [2.24, 2.45) is 5.73 Å². The first kappa shape index (κ1) is 6.92. The lowest BCUT2D eigenvalue weighted by molar-refractivity contribution is 0.250. The molecule has 0 aromatic carbocycles. The van der Waals surface area contributed by atoms with Gasteiger partial charge in [-0.25, -0.2) is 0 Å². The molecule has 0 atom stereocenters. The average molecular weight is 151 g/mol. The van der Waals surface area contributed by atoms with E-state index in [-0.39, 0.29) is 5.54 Å². The summed E-state index contributed by atoms with van der Waals surface area (Å²) >= 11 is 0. The highest BCUT2D eigenvalue weighted by molar-refractivity contribution is 5.27. The van der Waals surface area contributed by atoms with Gasteiger partial charge in [0.05, 0.1) is 6.26 Å². The number of furan rings is 1. The lowest BCUT2D eigenvalue weighted by atomic mass is 9.73. The second-order valence-corrected chi connectivity index (χ2v) is 3.40. The molecule has 11 heavy (non-hydrogen) atoms. The normalized spacial score (nSPS) is 21.3. The summed E-state index contributed by atoms with van der Waals surface area (Å²) in [6.45, 7) is 1.97. The average Bonchev–Trinajstić information content (AvgIpc) is 2.30. The van der Waals surface area contributed by atoms with Crippen LogP contribution in [0, 0.1) is 6.92 Å². The standard InChI is InChI=1S/C9H13NO/c1-7-8(3-6-11-7)9(10)4-2-5-9/h3,6H,2,4-5,10H2,1H3. The smallest absolute Gasteiger partial charge is 0.105 e. The molecule has 1 aromatic rings. The van der Waals surface area contributed by atoms with Gasteiger partial charge < -0.3 is 10.2 Å². The van der Waals surface area contributed by atoms with Crippen molar-refractivity contribution < 1.29 is 4.42 Å². The topological polar surface area (TPSA) is 39.2 Å². The molecular formula is C9H13NO. The molecule has 2 nitrogen and oxygen atoms in total. The Labute approximate surface area is 66.4 Å². The fourth-order valence-corrected chi connectivity index (χ4v) is 1.73. The van der Waals surface area contributed by atoms with E-state index in [1.165, 1.54) is 12.0 Å². The Bertz CT molecular complexity index is 260. The van der Waals surface area contributed by atoms with Crippen LogP contribution in [0.3, 0.4) is 0 Å². The van der Waals surface area contributed by atoms with Crippen LogP contribution in [-0.4, -0.2) is 0 Å². The van der Waals surface area contributed by atoms with Crippen LogP contribution in [0.5, 0.6) is 0 Å². The highest BCUT2D eigenvalue weighted by Gasteiger charge is 2.36. The summed E-state index contributed by atoms with van der Waals surface area (Å²) in [6, 6.07) is 1.99. The maximum atomic E-state index is 6.11. The molecule has 1 aromatic heterocycles. The van der Waals surface area contributed by atoms with E-state index in [4.69, 9.17) is 10.2 Å². The molecular weight excluding hydrogens is 138 g/mol. The van der Waals surface area contributed by atoms with Gasteiger partial charge in [-0.05, 0) is 32.3 Å². The highest BCUT2D eigenvalue weighted by Crippen LogP contribution is 2.40. The Kier molecular flexibility index (Phi) is 1.33. The van der Waals surface area contributed by atoms with Crippen molar-refractivity contribution in [3.8, 4) is 0 Å². The van der Waals surface area contributed by atoms with E-state index in [2.05, 4.69) is 0 Å². The predicted octanol–water partition coefficient (Wildman–Crippen LogP) is 1.93. The van der Waals surface area contributed by atoms with Crippen molar-refractivity contribution in [3.05, 3.63) is 23.7 Å². The molecule has 60 valence electrons. The van der Waals surface area contributed by atoms with Crippen molar-refractivity contribution in [1.82, 2.24) is 0 Å². The molecule has 1 saturated carbocycles. The Morgan fingerprint density at radius 3 is 2.64 bits per heavy atom. The Morgan fingerprint density at radius 1 is 1.55 bits per heavy atom. The second-order valence-electron chi connectivity index (χ2n) is 3.40. The number of aryl methyl sites for hydroxylation is 1. The second kappa shape index (κ2) is 2.11. The van der Waals surface area contributed by atoms with Crippen LogP contribution in [0.15, 0.2) is 16.7 Å². The molecule has 0 radical (unpaired) electrons. The third kappa shape index (κ3) is 0.897. The summed E-state index contributed by atoms with van der Waals surface area (Å²) in [6.07, 6.45) is 5.18. The van der Waals surface area contributed by atoms with E-state index >= 15 is 0 Å². The zero-order valence-electron chi connectivity index (χ0n) is 6.76. The molecule has 0 spiro atoms. The number of hydrogen-bond donors (Lipinski definition) is 1. The molecule has 0 amide bonds. The molecule has 0 saturated heterocycles. The van der Waals surface area contributed by atoms with E-state index < -0.39 is 0 Å². The van der Waals surface area contributed by atoms with Crippen molar-refractivity contribution >= 4 is 0 Å². The lowest BCUT2D eigenvalue weighted by Crippen LogP contribution is -2.43. The first-order chi connectivity index (χ1) is 5.22. The number of rotatable bonds is 1. The summed E-state index contributed by atoms with van der Waals surface area (Å²) in [5.41, 5.74) is 7.25. The third-order valence-electron chi connectivity index (χ3n) is 2.64. The van der Waals surface area contributed by atoms with Crippen LogP contribution >= 0.6 is 0 Å². The summed E-state index contributed by atoms with van der Waals surface area (Å²) in [4.78, 5) is 0. The van der Waals surface area contributed by atoms with E-state index in [9.17, 15) is 0 Å². The quantitative estimate of drug-likeness (QED) is 0.666. The van der Waals surface area contributed by atoms with E-state index in [0.717, 1.165) is 18.6 Å². The number of nitrogens with two attached hydrogens (primary N) is 1. The van der Waals surface area contributed by atoms with Gasteiger partial charge in [0.15, 0.2) is 0 Å². The van der Waals surface area contributed by atoms with Crippen LogP contribution in [0.4, 0.5) is 0 Å². The number of hydrogen-bond acceptors (Lipinski definition) is 2. The Morgan fingerprint density at radius 2 is 2.27 bits per heavy atom. The summed E-state index contributed by atoms with van der Waals surface area (Å²) < 4.78 is 5.21. The lowest BCUT2D eigenvalue weighted by Gasteiger charge is -2.37. The van der Waals surface area contributed by atoms with Crippen molar-refractivity contribution in [2.45, 2.75) is 31.7 Å².